The molecular formula is C18H17NO2. The first-order valence-corrected chi connectivity index (χ1v) is 7.11. The molecule has 0 amide bonds. The number of aromatic amines is 1. The molecule has 3 nitrogen and oxygen atoms in total. The molecule has 106 valence electrons. The third kappa shape index (κ3) is 1.74. The number of fused-ring (bicyclic) bond motifs is 5. The molecule has 3 heteroatoms. The van der Waals surface area contributed by atoms with Gasteiger partial charge < -0.3 is 14.8 Å². The Hall–Kier alpha value is -2.42. The molecule has 0 unspecified atom stereocenters. The van der Waals surface area contributed by atoms with Crippen molar-refractivity contribution in [2.75, 3.05) is 0 Å². The van der Waals surface area contributed by atoms with Crippen LogP contribution < -0.4 is 4.74 Å². The van der Waals surface area contributed by atoms with E-state index in [1.807, 2.05) is 32.9 Å². The minimum atomic E-state index is -0.276. The maximum atomic E-state index is 9.89. The van der Waals surface area contributed by atoms with Crippen molar-refractivity contribution in [3.05, 3.63) is 41.5 Å². The lowest BCUT2D eigenvalue weighted by Crippen LogP contribution is -2.27. The maximum absolute atomic E-state index is 9.89. The highest BCUT2D eigenvalue weighted by molar-refractivity contribution is 6.11. The van der Waals surface area contributed by atoms with Gasteiger partial charge in [0.2, 0.25) is 0 Å². The Labute approximate surface area is 122 Å². The van der Waals surface area contributed by atoms with Gasteiger partial charge in [0.25, 0.3) is 0 Å². The number of nitrogens with one attached hydrogen (secondary N) is 1. The van der Waals surface area contributed by atoms with Gasteiger partial charge in [-0.05, 0) is 56.7 Å². The molecule has 2 aromatic carbocycles. The van der Waals surface area contributed by atoms with Crippen LogP contribution in [0.1, 0.15) is 25.0 Å². The Kier molecular flexibility index (Phi) is 2.24. The van der Waals surface area contributed by atoms with Crippen molar-refractivity contribution >= 4 is 27.9 Å². The zero-order valence-electron chi connectivity index (χ0n) is 12.3. The standard InChI is InChI=1S/C18H17NO2/c1-10-8-13-11-4-5-16-12(6-7-18(2,3)21-16)17(11)19-14(13)9-15(10)20/h4-9,19-20H,1-3H3. The predicted octanol–water partition coefficient (Wildman–Crippen LogP) is 4.52. The molecule has 21 heavy (non-hydrogen) atoms. The average molecular weight is 279 g/mol. The summed E-state index contributed by atoms with van der Waals surface area (Å²) in [5.74, 6) is 1.21. The first-order valence-electron chi connectivity index (χ1n) is 7.11. The summed E-state index contributed by atoms with van der Waals surface area (Å²) in [6, 6.07) is 7.92. The molecule has 0 saturated carbocycles. The van der Waals surface area contributed by atoms with E-state index in [4.69, 9.17) is 4.74 Å². The molecule has 3 aromatic rings. The molecule has 0 atom stereocenters. The van der Waals surface area contributed by atoms with Gasteiger partial charge in [-0.3, -0.25) is 0 Å². The summed E-state index contributed by atoms with van der Waals surface area (Å²) in [4.78, 5) is 3.41. The second kappa shape index (κ2) is 3.82. The number of aromatic hydroxyl groups is 1. The normalized spacial score (nSPS) is 16.1. The van der Waals surface area contributed by atoms with Crippen molar-refractivity contribution in [2.24, 2.45) is 0 Å². The first-order chi connectivity index (χ1) is 9.94. The van der Waals surface area contributed by atoms with Gasteiger partial charge in [0.05, 0.1) is 11.0 Å². The smallest absolute Gasteiger partial charge is 0.129 e. The van der Waals surface area contributed by atoms with Crippen LogP contribution in [0.2, 0.25) is 0 Å². The van der Waals surface area contributed by atoms with E-state index in [0.29, 0.717) is 5.75 Å². The molecule has 0 spiro atoms. The minimum absolute atomic E-state index is 0.276. The van der Waals surface area contributed by atoms with Crippen molar-refractivity contribution < 1.29 is 9.84 Å². The molecular weight excluding hydrogens is 262 g/mol. The summed E-state index contributed by atoms with van der Waals surface area (Å²) in [5.41, 5.74) is 3.68. The number of aromatic nitrogens is 1. The fraction of sp³-hybridized carbons (Fsp3) is 0.222. The van der Waals surface area contributed by atoms with Crippen LogP contribution >= 0.6 is 0 Å². The summed E-state index contributed by atoms with van der Waals surface area (Å²) >= 11 is 0. The van der Waals surface area contributed by atoms with Gasteiger partial charge in [0.1, 0.15) is 17.1 Å². The molecule has 1 aliphatic rings. The van der Waals surface area contributed by atoms with Gasteiger partial charge in [-0.1, -0.05) is 0 Å². The van der Waals surface area contributed by atoms with Crippen molar-refractivity contribution in [1.82, 2.24) is 4.98 Å². The quantitative estimate of drug-likeness (QED) is 0.635. The molecule has 0 radical (unpaired) electrons. The van der Waals surface area contributed by atoms with E-state index in [1.54, 1.807) is 6.07 Å². The Bertz CT molecular complexity index is 916. The van der Waals surface area contributed by atoms with Crippen LogP contribution in [0.3, 0.4) is 0 Å². The number of ether oxygens (including phenoxy) is 1. The monoisotopic (exact) mass is 279 g/mol. The Morgan fingerprint density at radius 2 is 1.95 bits per heavy atom. The van der Waals surface area contributed by atoms with E-state index in [0.717, 1.165) is 38.7 Å². The molecule has 0 bridgehead atoms. The molecule has 2 N–H and O–H groups in total. The number of rotatable bonds is 0. The number of phenolic OH excluding ortho intramolecular Hbond substituents is 1. The van der Waals surface area contributed by atoms with Gasteiger partial charge in [-0.25, -0.2) is 0 Å². The lowest BCUT2D eigenvalue weighted by molar-refractivity contribution is 0.159. The summed E-state index contributed by atoms with van der Waals surface area (Å²) in [7, 11) is 0. The molecule has 1 aromatic heterocycles. The molecule has 2 heterocycles. The zero-order valence-corrected chi connectivity index (χ0v) is 12.3. The van der Waals surface area contributed by atoms with Gasteiger partial charge in [0, 0.05) is 22.4 Å². The second-order valence-corrected chi connectivity index (χ2v) is 6.25. The van der Waals surface area contributed by atoms with Crippen molar-refractivity contribution in [1.29, 1.82) is 0 Å². The van der Waals surface area contributed by atoms with Crippen molar-refractivity contribution in [3.63, 3.8) is 0 Å². The fourth-order valence-electron chi connectivity index (χ4n) is 2.97. The molecule has 0 fully saturated rings. The van der Waals surface area contributed by atoms with Crippen molar-refractivity contribution in [2.45, 2.75) is 26.4 Å². The summed E-state index contributed by atoms with van der Waals surface area (Å²) in [5, 5.41) is 12.2. The Morgan fingerprint density at radius 1 is 1.14 bits per heavy atom. The van der Waals surface area contributed by atoms with E-state index in [2.05, 4.69) is 23.2 Å². The van der Waals surface area contributed by atoms with Gasteiger partial charge in [-0.2, -0.15) is 0 Å². The Morgan fingerprint density at radius 3 is 2.76 bits per heavy atom. The molecule has 4 rings (SSSR count). The van der Waals surface area contributed by atoms with Crippen LogP contribution in [0.25, 0.3) is 27.9 Å². The third-order valence-electron chi connectivity index (χ3n) is 4.12. The zero-order chi connectivity index (χ0) is 14.8. The second-order valence-electron chi connectivity index (χ2n) is 6.25. The first kappa shape index (κ1) is 12.3. The average Bonchev–Trinajstić information content (AvgIpc) is 2.75. The van der Waals surface area contributed by atoms with Crippen LogP contribution in [0.15, 0.2) is 30.3 Å². The summed E-state index contributed by atoms with van der Waals surface area (Å²) in [6.07, 6.45) is 4.19. The van der Waals surface area contributed by atoms with Gasteiger partial charge >= 0.3 is 0 Å². The van der Waals surface area contributed by atoms with Crippen LogP contribution in [-0.4, -0.2) is 15.7 Å². The summed E-state index contributed by atoms with van der Waals surface area (Å²) in [6.45, 7) is 6.00. The molecule has 1 aliphatic heterocycles. The Balaban J connectivity index is 2.08. The minimum Gasteiger partial charge on any atom is -0.508 e. The molecule has 0 saturated heterocycles. The summed E-state index contributed by atoms with van der Waals surface area (Å²) < 4.78 is 6.01. The van der Waals surface area contributed by atoms with Crippen molar-refractivity contribution in [3.8, 4) is 11.5 Å². The van der Waals surface area contributed by atoms with E-state index in [9.17, 15) is 5.11 Å². The van der Waals surface area contributed by atoms with Crippen LogP contribution in [0.4, 0.5) is 0 Å². The number of benzene rings is 2. The number of phenols is 1. The van der Waals surface area contributed by atoms with Crippen LogP contribution in [0.5, 0.6) is 11.5 Å². The van der Waals surface area contributed by atoms with Gasteiger partial charge in [-0.15, -0.1) is 0 Å². The highest BCUT2D eigenvalue weighted by Crippen LogP contribution is 2.39. The third-order valence-corrected chi connectivity index (χ3v) is 4.12. The van der Waals surface area contributed by atoms with Crippen LogP contribution in [-0.2, 0) is 0 Å². The molecule has 0 aliphatic carbocycles. The van der Waals surface area contributed by atoms with Gasteiger partial charge in [0.15, 0.2) is 0 Å². The number of H-pyrrole nitrogens is 1. The topological polar surface area (TPSA) is 45.2 Å². The number of aryl methyl sites for hydroxylation is 1. The highest BCUT2D eigenvalue weighted by atomic mass is 16.5. The van der Waals surface area contributed by atoms with E-state index < -0.39 is 0 Å². The SMILES string of the molecule is Cc1cc2c(cc1O)[nH]c1c3c(ccc12)OC(C)(C)C=C3. The fourth-order valence-corrected chi connectivity index (χ4v) is 2.97. The van der Waals surface area contributed by atoms with E-state index in [-0.39, 0.29) is 5.60 Å². The lowest BCUT2D eigenvalue weighted by Gasteiger charge is -2.27. The van der Waals surface area contributed by atoms with Crippen LogP contribution in [0, 0.1) is 6.92 Å². The lowest BCUT2D eigenvalue weighted by atomic mass is 10.00. The predicted molar refractivity (Wildman–Crippen MR) is 85.9 cm³/mol. The number of hydrogen-bond donors (Lipinski definition) is 2. The highest BCUT2D eigenvalue weighted by Gasteiger charge is 2.23. The number of hydrogen-bond acceptors (Lipinski definition) is 2. The maximum Gasteiger partial charge on any atom is 0.129 e. The van der Waals surface area contributed by atoms with E-state index >= 15 is 0 Å². The largest absolute Gasteiger partial charge is 0.508 e. The van der Waals surface area contributed by atoms with E-state index in [1.165, 1.54) is 0 Å².